The molecule has 1 aliphatic carbocycles. The Hall–Kier alpha value is -2.43. The van der Waals surface area contributed by atoms with Crippen LogP contribution < -0.4 is 5.32 Å². The van der Waals surface area contributed by atoms with Gasteiger partial charge in [0.2, 0.25) is 5.82 Å². The van der Waals surface area contributed by atoms with Crippen molar-refractivity contribution in [2.24, 2.45) is 0 Å². The molecule has 0 radical (unpaired) electrons. The molecule has 1 fully saturated rings. The molecule has 0 atom stereocenters. The fraction of sp³-hybridized carbons (Fsp3) is 0.353. The fourth-order valence-corrected chi connectivity index (χ4v) is 2.85. The minimum absolute atomic E-state index is 0.0442. The van der Waals surface area contributed by atoms with Crippen molar-refractivity contribution in [2.45, 2.75) is 38.6 Å². The molecular formula is C17H19N3O2. The Balaban J connectivity index is 1.95. The molecule has 114 valence electrons. The highest BCUT2D eigenvalue weighted by Crippen LogP contribution is 2.30. The molecule has 5 heteroatoms. The number of nitrogens with one attached hydrogen (secondary N) is 1. The van der Waals surface area contributed by atoms with Gasteiger partial charge >= 0.3 is 5.69 Å². The van der Waals surface area contributed by atoms with Gasteiger partial charge < -0.3 is 5.32 Å². The number of nitrogens with zero attached hydrogens (tertiary/aromatic N) is 2. The molecular weight excluding hydrogens is 278 g/mol. The van der Waals surface area contributed by atoms with Crippen LogP contribution in [0.1, 0.15) is 31.2 Å². The summed E-state index contributed by atoms with van der Waals surface area (Å²) in [5.74, 6) is 0.384. The predicted molar refractivity (Wildman–Crippen MR) is 86.9 cm³/mol. The normalized spacial score (nSPS) is 15.0. The number of aryl methyl sites for hydroxylation is 1. The second kappa shape index (κ2) is 6.13. The van der Waals surface area contributed by atoms with Crippen LogP contribution in [-0.2, 0) is 0 Å². The summed E-state index contributed by atoms with van der Waals surface area (Å²) in [5.41, 5.74) is 2.94. The van der Waals surface area contributed by atoms with E-state index < -0.39 is 0 Å². The van der Waals surface area contributed by atoms with E-state index in [4.69, 9.17) is 0 Å². The molecule has 1 saturated carbocycles. The van der Waals surface area contributed by atoms with E-state index in [0.29, 0.717) is 11.9 Å². The van der Waals surface area contributed by atoms with E-state index in [0.717, 1.165) is 24.1 Å². The lowest BCUT2D eigenvalue weighted by atomic mass is 10.1. The third-order valence-corrected chi connectivity index (χ3v) is 4.11. The average molecular weight is 297 g/mol. The van der Waals surface area contributed by atoms with Gasteiger partial charge in [-0.2, -0.15) is 0 Å². The Labute approximate surface area is 129 Å². The molecule has 5 nitrogen and oxygen atoms in total. The quantitative estimate of drug-likeness (QED) is 0.674. The first kappa shape index (κ1) is 14.5. The zero-order chi connectivity index (χ0) is 15.5. The summed E-state index contributed by atoms with van der Waals surface area (Å²) >= 11 is 0. The maximum absolute atomic E-state index is 11.2. The van der Waals surface area contributed by atoms with Crippen molar-refractivity contribution in [3.63, 3.8) is 0 Å². The van der Waals surface area contributed by atoms with Crippen LogP contribution in [0, 0.1) is 17.0 Å². The zero-order valence-corrected chi connectivity index (χ0v) is 12.6. The molecule has 0 bridgehead atoms. The van der Waals surface area contributed by atoms with Crippen molar-refractivity contribution in [1.82, 2.24) is 4.98 Å². The van der Waals surface area contributed by atoms with Crippen LogP contribution in [0.3, 0.4) is 0 Å². The van der Waals surface area contributed by atoms with E-state index in [9.17, 15) is 10.1 Å². The Bertz CT molecular complexity index is 677. The van der Waals surface area contributed by atoms with E-state index in [-0.39, 0.29) is 10.6 Å². The van der Waals surface area contributed by atoms with Gasteiger partial charge in [-0.15, -0.1) is 0 Å². The maximum Gasteiger partial charge on any atom is 0.311 e. The molecule has 1 heterocycles. The van der Waals surface area contributed by atoms with Gasteiger partial charge in [0.05, 0.1) is 10.6 Å². The number of pyridine rings is 1. The zero-order valence-electron chi connectivity index (χ0n) is 12.6. The number of hydrogen-bond donors (Lipinski definition) is 1. The van der Waals surface area contributed by atoms with E-state index in [1.807, 2.05) is 31.2 Å². The SMILES string of the molecule is Cc1ccc(-c2ccc([N+](=O)[O-])c(NC3CCCC3)n2)cc1. The predicted octanol–water partition coefficient (Wildman–Crippen LogP) is 4.32. The summed E-state index contributed by atoms with van der Waals surface area (Å²) in [7, 11) is 0. The van der Waals surface area contributed by atoms with Crippen LogP contribution in [0.2, 0.25) is 0 Å². The van der Waals surface area contributed by atoms with Crippen molar-refractivity contribution in [3.05, 3.63) is 52.1 Å². The summed E-state index contributed by atoms with van der Waals surface area (Å²) in [5, 5.41) is 14.5. The highest BCUT2D eigenvalue weighted by Gasteiger charge is 2.21. The van der Waals surface area contributed by atoms with Gasteiger partial charge in [0, 0.05) is 17.7 Å². The van der Waals surface area contributed by atoms with Crippen molar-refractivity contribution in [3.8, 4) is 11.3 Å². The van der Waals surface area contributed by atoms with Crippen LogP contribution in [0.15, 0.2) is 36.4 Å². The lowest BCUT2D eigenvalue weighted by Crippen LogP contribution is -2.16. The van der Waals surface area contributed by atoms with Crippen molar-refractivity contribution >= 4 is 11.5 Å². The second-order valence-electron chi connectivity index (χ2n) is 5.81. The summed E-state index contributed by atoms with van der Waals surface area (Å²) in [6.45, 7) is 2.03. The smallest absolute Gasteiger partial charge is 0.311 e. The van der Waals surface area contributed by atoms with Gasteiger partial charge in [-0.05, 0) is 25.8 Å². The van der Waals surface area contributed by atoms with E-state index in [2.05, 4.69) is 10.3 Å². The number of hydrogen-bond acceptors (Lipinski definition) is 4. The van der Waals surface area contributed by atoms with Crippen LogP contribution in [0.25, 0.3) is 11.3 Å². The average Bonchev–Trinajstić information content (AvgIpc) is 3.00. The fourth-order valence-electron chi connectivity index (χ4n) is 2.85. The van der Waals surface area contributed by atoms with Gasteiger partial charge in [0.15, 0.2) is 0 Å². The standard InChI is InChI=1S/C17H19N3O2/c1-12-6-8-13(9-7-12)15-10-11-16(20(21)22)17(19-15)18-14-4-2-3-5-14/h6-11,14H,2-5H2,1H3,(H,18,19). The molecule has 0 unspecified atom stereocenters. The van der Waals surface area contributed by atoms with Gasteiger partial charge in [0.25, 0.3) is 0 Å². The van der Waals surface area contributed by atoms with Gasteiger partial charge in [-0.1, -0.05) is 42.7 Å². The summed E-state index contributed by atoms with van der Waals surface area (Å²) < 4.78 is 0. The maximum atomic E-state index is 11.2. The minimum Gasteiger partial charge on any atom is -0.362 e. The molecule has 1 N–H and O–H groups in total. The molecule has 1 aromatic carbocycles. The molecule has 1 aromatic heterocycles. The van der Waals surface area contributed by atoms with Crippen LogP contribution in [0.5, 0.6) is 0 Å². The molecule has 0 spiro atoms. The van der Waals surface area contributed by atoms with E-state index >= 15 is 0 Å². The lowest BCUT2D eigenvalue weighted by Gasteiger charge is -2.13. The Morgan fingerprint density at radius 3 is 2.45 bits per heavy atom. The summed E-state index contributed by atoms with van der Waals surface area (Å²) in [6, 6.07) is 11.6. The molecule has 0 saturated heterocycles. The lowest BCUT2D eigenvalue weighted by molar-refractivity contribution is -0.384. The largest absolute Gasteiger partial charge is 0.362 e. The van der Waals surface area contributed by atoms with Crippen LogP contribution in [0.4, 0.5) is 11.5 Å². The molecule has 22 heavy (non-hydrogen) atoms. The highest BCUT2D eigenvalue weighted by atomic mass is 16.6. The monoisotopic (exact) mass is 297 g/mol. The third kappa shape index (κ3) is 3.08. The first-order chi connectivity index (χ1) is 10.6. The van der Waals surface area contributed by atoms with Crippen molar-refractivity contribution < 1.29 is 4.92 Å². The molecule has 3 rings (SSSR count). The topological polar surface area (TPSA) is 68.1 Å². The van der Waals surface area contributed by atoms with Gasteiger partial charge in [0.1, 0.15) is 0 Å². The second-order valence-corrected chi connectivity index (χ2v) is 5.81. The number of nitro groups is 1. The van der Waals surface area contributed by atoms with Crippen molar-refractivity contribution in [2.75, 3.05) is 5.32 Å². The van der Waals surface area contributed by atoms with E-state index in [1.165, 1.54) is 18.4 Å². The summed E-state index contributed by atoms with van der Waals surface area (Å²) in [6.07, 6.45) is 4.44. The molecule has 0 aliphatic heterocycles. The number of rotatable bonds is 4. The van der Waals surface area contributed by atoms with E-state index in [1.54, 1.807) is 12.1 Å². The first-order valence-corrected chi connectivity index (χ1v) is 7.62. The highest BCUT2D eigenvalue weighted by molar-refractivity contribution is 5.67. The Morgan fingerprint density at radius 1 is 1.14 bits per heavy atom. The van der Waals surface area contributed by atoms with Gasteiger partial charge in [-0.3, -0.25) is 10.1 Å². The molecule has 2 aromatic rings. The number of anilines is 1. The van der Waals surface area contributed by atoms with Crippen molar-refractivity contribution in [1.29, 1.82) is 0 Å². The van der Waals surface area contributed by atoms with Crippen LogP contribution >= 0.6 is 0 Å². The Kier molecular flexibility index (Phi) is 4.04. The first-order valence-electron chi connectivity index (χ1n) is 7.62. The summed E-state index contributed by atoms with van der Waals surface area (Å²) in [4.78, 5) is 15.3. The molecule has 1 aliphatic rings. The third-order valence-electron chi connectivity index (χ3n) is 4.11. The number of aromatic nitrogens is 1. The Morgan fingerprint density at radius 2 is 1.82 bits per heavy atom. The number of benzene rings is 1. The molecule has 0 amide bonds. The minimum atomic E-state index is -0.372. The van der Waals surface area contributed by atoms with Gasteiger partial charge in [-0.25, -0.2) is 4.98 Å². The van der Waals surface area contributed by atoms with Crippen LogP contribution in [-0.4, -0.2) is 15.9 Å².